The fourth-order valence-electron chi connectivity index (χ4n) is 2.60. The van der Waals surface area contributed by atoms with Crippen LogP contribution in [0.5, 0.6) is 5.75 Å². The number of pyridine rings is 1. The number of fused-ring (bicyclic) bond motifs is 1. The second kappa shape index (κ2) is 7.79. The van der Waals surface area contributed by atoms with Crippen LogP contribution < -0.4 is 10.1 Å². The summed E-state index contributed by atoms with van der Waals surface area (Å²) in [5.41, 5.74) is 3.25. The zero-order valence-electron chi connectivity index (χ0n) is 14.6. The Morgan fingerprint density at radius 1 is 1.12 bits per heavy atom. The number of aromatic nitrogens is 1. The maximum Gasteiger partial charge on any atom is 0.255 e. The van der Waals surface area contributed by atoms with Gasteiger partial charge in [0.15, 0.2) is 0 Å². The van der Waals surface area contributed by atoms with Crippen molar-refractivity contribution in [1.82, 2.24) is 4.98 Å². The lowest BCUT2D eigenvalue weighted by atomic mass is 10.1. The number of hydrogen-bond donors (Lipinski definition) is 1. The Balaban J connectivity index is 1.88. The lowest BCUT2D eigenvalue weighted by molar-refractivity contribution is 0.102. The Kier molecular flexibility index (Phi) is 5.29. The third-order valence-corrected chi connectivity index (χ3v) is 4.05. The summed E-state index contributed by atoms with van der Waals surface area (Å²) in [5.74, 6) is 0.613. The zero-order valence-corrected chi connectivity index (χ0v) is 14.6. The summed E-state index contributed by atoms with van der Waals surface area (Å²) in [6.45, 7) is 4.79. The van der Waals surface area contributed by atoms with Crippen molar-refractivity contribution < 1.29 is 9.53 Å². The van der Waals surface area contributed by atoms with E-state index in [9.17, 15) is 4.79 Å². The summed E-state index contributed by atoms with van der Waals surface area (Å²) < 4.78 is 5.84. The Morgan fingerprint density at radius 3 is 2.68 bits per heavy atom. The molecule has 0 aliphatic heterocycles. The fraction of sp³-hybridized carbons (Fsp3) is 0.238. The van der Waals surface area contributed by atoms with Crippen molar-refractivity contribution in [2.45, 2.75) is 26.7 Å². The van der Waals surface area contributed by atoms with Gasteiger partial charge in [-0.3, -0.25) is 9.78 Å². The Labute approximate surface area is 147 Å². The number of amides is 1. The van der Waals surface area contributed by atoms with Crippen molar-refractivity contribution in [2.75, 3.05) is 11.9 Å². The highest BCUT2D eigenvalue weighted by Crippen LogP contribution is 2.30. The van der Waals surface area contributed by atoms with E-state index in [0.717, 1.165) is 40.7 Å². The zero-order chi connectivity index (χ0) is 17.6. The molecule has 3 aromatic rings. The highest BCUT2D eigenvalue weighted by molar-refractivity contribution is 6.09. The van der Waals surface area contributed by atoms with Crippen LogP contribution in [0.2, 0.25) is 0 Å². The molecule has 0 atom stereocenters. The molecule has 1 amide bonds. The minimum atomic E-state index is -0.134. The molecule has 0 aliphatic carbocycles. The number of unbranched alkanes of at least 4 members (excludes halogenated alkanes) is 1. The van der Waals surface area contributed by atoms with E-state index in [4.69, 9.17) is 4.74 Å². The first-order valence-corrected chi connectivity index (χ1v) is 8.57. The van der Waals surface area contributed by atoms with Crippen LogP contribution in [0.15, 0.2) is 54.7 Å². The number of carbonyl (C=O) groups excluding carboxylic acids is 1. The third kappa shape index (κ3) is 3.97. The van der Waals surface area contributed by atoms with E-state index in [2.05, 4.69) is 17.2 Å². The minimum Gasteiger partial charge on any atom is -0.491 e. The van der Waals surface area contributed by atoms with Crippen LogP contribution in [0, 0.1) is 6.92 Å². The Bertz CT molecular complexity index is 873. The molecule has 4 nitrogen and oxygen atoms in total. The largest absolute Gasteiger partial charge is 0.491 e. The molecule has 0 saturated heterocycles. The molecule has 4 heteroatoms. The van der Waals surface area contributed by atoms with Gasteiger partial charge in [-0.1, -0.05) is 31.0 Å². The van der Waals surface area contributed by atoms with Crippen molar-refractivity contribution in [3.05, 3.63) is 65.9 Å². The molecule has 3 rings (SSSR count). The highest BCUT2D eigenvalue weighted by atomic mass is 16.5. The highest BCUT2D eigenvalue weighted by Gasteiger charge is 2.11. The molecule has 0 spiro atoms. The number of hydrogen-bond acceptors (Lipinski definition) is 3. The van der Waals surface area contributed by atoms with Crippen LogP contribution in [0.25, 0.3) is 10.9 Å². The maximum absolute atomic E-state index is 12.5. The van der Waals surface area contributed by atoms with E-state index in [-0.39, 0.29) is 5.91 Å². The minimum absolute atomic E-state index is 0.134. The van der Waals surface area contributed by atoms with Crippen molar-refractivity contribution in [3.8, 4) is 5.75 Å². The first kappa shape index (κ1) is 17.0. The predicted octanol–water partition coefficient (Wildman–Crippen LogP) is 4.97. The number of ether oxygens (including phenoxy) is 1. The van der Waals surface area contributed by atoms with Gasteiger partial charge in [-0.05, 0) is 49.7 Å². The van der Waals surface area contributed by atoms with Crippen LogP contribution >= 0.6 is 0 Å². The molecule has 0 aliphatic rings. The SMILES string of the molecule is CCCCOc1ccc(NC(=O)c2ccc(C)cc2)c2cccnc12. The predicted molar refractivity (Wildman–Crippen MR) is 101 cm³/mol. The number of carbonyl (C=O) groups is 1. The van der Waals surface area contributed by atoms with E-state index in [1.165, 1.54) is 0 Å². The topological polar surface area (TPSA) is 51.2 Å². The molecule has 0 fully saturated rings. The van der Waals surface area contributed by atoms with Gasteiger partial charge in [0.2, 0.25) is 0 Å². The van der Waals surface area contributed by atoms with E-state index in [0.29, 0.717) is 12.2 Å². The van der Waals surface area contributed by atoms with Crippen molar-refractivity contribution in [1.29, 1.82) is 0 Å². The summed E-state index contributed by atoms with van der Waals surface area (Å²) in [4.78, 5) is 16.9. The molecular weight excluding hydrogens is 312 g/mol. The summed E-state index contributed by atoms with van der Waals surface area (Å²) in [6.07, 6.45) is 3.82. The summed E-state index contributed by atoms with van der Waals surface area (Å²) in [6, 6.07) is 15.1. The molecule has 128 valence electrons. The average molecular weight is 334 g/mol. The van der Waals surface area contributed by atoms with Crippen LogP contribution in [-0.2, 0) is 0 Å². The van der Waals surface area contributed by atoms with Gasteiger partial charge >= 0.3 is 0 Å². The molecule has 0 bridgehead atoms. The van der Waals surface area contributed by atoms with Crippen molar-refractivity contribution in [2.24, 2.45) is 0 Å². The average Bonchev–Trinajstić information content (AvgIpc) is 2.64. The molecule has 1 aromatic heterocycles. The molecule has 2 aromatic carbocycles. The molecule has 0 saturated carbocycles. The van der Waals surface area contributed by atoms with E-state index in [1.54, 1.807) is 6.20 Å². The number of rotatable bonds is 6. The smallest absolute Gasteiger partial charge is 0.255 e. The maximum atomic E-state index is 12.5. The lowest BCUT2D eigenvalue weighted by Gasteiger charge is -2.12. The van der Waals surface area contributed by atoms with Gasteiger partial charge in [-0.2, -0.15) is 0 Å². The van der Waals surface area contributed by atoms with Crippen LogP contribution in [0.4, 0.5) is 5.69 Å². The van der Waals surface area contributed by atoms with Crippen LogP contribution in [0.1, 0.15) is 35.7 Å². The molecular formula is C21H22N2O2. The summed E-state index contributed by atoms with van der Waals surface area (Å²) >= 11 is 0. The first-order chi connectivity index (χ1) is 12.2. The van der Waals surface area contributed by atoms with E-state index < -0.39 is 0 Å². The van der Waals surface area contributed by atoms with Gasteiger partial charge in [0.25, 0.3) is 5.91 Å². The van der Waals surface area contributed by atoms with Gasteiger partial charge < -0.3 is 10.1 Å². The number of anilines is 1. The molecule has 0 unspecified atom stereocenters. The number of aryl methyl sites for hydroxylation is 1. The quantitative estimate of drug-likeness (QED) is 0.647. The first-order valence-electron chi connectivity index (χ1n) is 8.57. The third-order valence-electron chi connectivity index (χ3n) is 4.05. The van der Waals surface area contributed by atoms with E-state index in [1.807, 2.05) is 55.5 Å². The van der Waals surface area contributed by atoms with Gasteiger partial charge in [-0.25, -0.2) is 0 Å². The fourth-order valence-corrected chi connectivity index (χ4v) is 2.60. The van der Waals surface area contributed by atoms with Gasteiger partial charge in [-0.15, -0.1) is 0 Å². The normalized spacial score (nSPS) is 10.6. The molecule has 1 heterocycles. The monoisotopic (exact) mass is 334 g/mol. The second-order valence-electron chi connectivity index (χ2n) is 6.03. The number of nitrogens with one attached hydrogen (secondary N) is 1. The summed E-state index contributed by atoms with van der Waals surface area (Å²) in [7, 11) is 0. The van der Waals surface area contributed by atoms with Gasteiger partial charge in [0.1, 0.15) is 11.3 Å². The van der Waals surface area contributed by atoms with Gasteiger partial charge in [0.05, 0.1) is 12.3 Å². The second-order valence-corrected chi connectivity index (χ2v) is 6.03. The van der Waals surface area contributed by atoms with E-state index >= 15 is 0 Å². The summed E-state index contributed by atoms with van der Waals surface area (Å²) in [5, 5.41) is 3.85. The molecule has 0 radical (unpaired) electrons. The number of benzene rings is 2. The van der Waals surface area contributed by atoms with Crippen molar-refractivity contribution in [3.63, 3.8) is 0 Å². The van der Waals surface area contributed by atoms with Gasteiger partial charge in [0, 0.05) is 17.1 Å². The standard InChI is InChI=1S/C21H22N2O2/c1-3-4-14-25-19-12-11-18(17-6-5-13-22-20(17)19)23-21(24)16-9-7-15(2)8-10-16/h5-13H,3-4,14H2,1-2H3,(H,23,24). The Morgan fingerprint density at radius 2 is 1.92 bits per heavy atom. The van der Waals surface area contributed by atoms with Crippen LogP contribution in [-0.4, -0.2) is 17.5 Å². The molecule has 25 heavy (non-hydrogen) atoms. The van der Waals surface area contributed by atoms with Crippen LogP contribution in [0.3, 0.4) is 0 Å². The lowest BCUT2D eigenvalue weighted by Crippen LogP contribution is -2.12. The van der Waals surface area contributed by atoms with Crippen molar-refractivity contribution >= 4 is 22.5 Å². The molecule has 1 N–H and O–H groups in total. The number of nitrogens with zero attached hydrogens (tertiary/aromatic N) is 1. The Hall–Kier alpha value is -2.88.